The molecule has 0 bridgehead atoms. The second-order valence-corrected chi connectivity index (χ2v) is 4.28. The summed E-state index contributed by atoms with van der Waals surface area (Å²) in [6.07, 6.45) is 1.28. The fourth-order valence-corrected chi connectivity index (χ4v) is 1.75. The first kappa shape index (κ1) is 14.6. The van der Waals surface area contributed by atoms with Gasteiger partial charge in [-0.15, -0.1) is 0 Å². The summed E-state index contributed by atoms with van der Waals surface area (Å²) < 4.78 is 4.68. The van der Waals surface area contributed by atoms with Crippen molar-refractivity contribution in [2.75, 3.05) is 11.4 Å². The highest BCUT2D eigenvalue weighted by Gasteiger charge is 2.16. The predicted molar refractivity (Wildman–Crippen MR) is 74.8 cm³/mol. The average molecular weight is 289 g/mol. The Morgan fingerprint density at radius 1 is 1.24 bits per heavy atom. The van der Waals surface area contributed by atoms with Crippen LogP contribution in [0.1, 0.15) is 12.1 Å². The molecule has 21 heavy (non-hydrogen) atoms. The van der Waals surface area contributed by atoms with Gasteiger partial charge in [0.1, 0.15) is 12.0 Å². The van der Waals surface area contributed by atoms with Gasteiger partial charge < -0.3 is 14.9 Å². The second-order valence-electron chi connectivity index (χ2n) is 4.28. The number of carbonyl (C=O) groups excluding carboxylic acids is 1. The third kappa shape index (κ3) is 4.34. The molecule has 0 saturated carbocycles. The van der Waals surface area contributed by atoms with Crippen LogP contribution in [0.2, 0.25) is 0 Å². The number of para-hydroxylation sites is 1. The fourth-order valence-electron chi connectivity index (χ4n) is 1.75. The maximum absolute atomic E-state index is 12.2. The molecule has 2 aromatic rings. The molecule has 0 radical (unpaired) electrons. The van der Waals surface area contributed by atoms with Crippen LogP contribution in [0, 0.1) is 0 Å². The van der Waals surface area contributed by atoms with Gasteiger partial charge in [0.15, 0.2) is 0 Å². The van der Waals surface area contributed by atoms with Crippen molar-refractivity contribution in [2.45, 2.75) is 13.0 Å². The Hall–Kier alpha value is -2.83. The molecule has 2 N–H and O–H groups in total. The van der Waals surface area contributed by atoms with E-state index in [9.17, 15) is 9.59 Å². The van der Waals surface area contributed by atoms with Gasteiger partial charge in [0, 0.05) is 18.3 Å². The van der Waals surface area contributed by atoms with Crippen LogP contribution in [-0.2, 0) is 11.3 Å². The number of amides is 2. The van der Waals surface area contributed by atoms with Crippen LogP contribution < -0.4 is 10.2 Å². The number of carbonyl (C=O) groups is 2. The van der Waals surface area contributed by atoms with Gasteiger partial charge in [-0.05, 0) is 12.1 Å². The first-order valence-electron chi connectivity index (χ1n) is 6.38. The number of urea groups is 1. The molecule has 0 spiro atoms. The normalized spacial score (nSPS) is 10.1. The minimum absolute atomic E-state index is 0.0873. The van der Waals surface area contributed by atoms with Crippen LogP contribution in [-0.4, -0.2) is 28.8 Å². The average Bonchev–Trinajstić information content (AvgIpc) is 2.99. The lowest BCUT2D eigenvalue weighted by Gasteiger charge is -2.22. The lowest BCUT2D eigenvalue weighted by molar-refractivity contribution is -0.136. The number of benzene rings is 1. The third-order valence-electron chi connectivity index (χ3n) is 2.77. The zero-order valence-electron chi connectivity index (χ0n) is 11.2. The number of aliphatic carboxylic acids is 1. The van der Waals surface area contributed by atoms with Crippen molar-refractivity contribution in [3.8, 4) is 0 Å². The van der Waals surface area contributed by atoms with Crippen molar-refractivity contribution in [2.24, 2.45) is 0 Å². The Morgan fingerprint density at radius 2 is 2.00 bits per heavy atom. The van der Waals surface area contributed by atoms with E-state index >= 15 is 0 Å². The minimum Gasteiger partial charge on any atom is -0.481 e. The van der Waals surface area contributed by atoms with Gasteiger partial charge in [-0.3, -0.25) is 9.69 Å². The van der Waals surface area contributed by atoms with Crippen LogP contribution in [0.5, 0.6) is 0 Å². The Labute approximate surface area is 121 Å². The van der Waals surface area contributed by atoms with E-state index in [1.807, 2.05) is 6.07 Å². The smallest absolute Gasteiger partial charge is 0.322 e. The van der Waals surface area contributed by atoms with Crippen LogP contribution in [0.15, 0.2) is 47.2 Å². The zero-order valence-corrected chi connectivity index (χ0v) is 11.2. The zero-order chi connectivity index (χ0) is 15.1. The van der Waals surface area contributed by atoms with Crippen molar-refractivity contribution >= 4 is 17.7 Å². The standard InChI is InChI=1S/C14H15N3O4/c18-13(19)6-8-17(12-4-2-1-3-5-12)14(20)15-10-11-7-9-21-16-11/h1-5,7,9H,6,8,10H2,(H,15,20)(H,18,19). The first-order valence-corrected chi connectivity index (χ1v) is 6.38. The largest absolute Gasteiger partial charge is 0.481 e. The summed E-state index contributed by atoms with van der Waals surface area (Å²) in [5, 5.41) is 15.2. The van der Waals surface area contributed by atoms with Crippen molar-refractivity contribution in [3.05, 3.63) is 48.4 Å². The quantitative estimate of drug-likeness (QED) is 0.846. The van der Waals surface area contributed by atoms with E-state index in [1.165, 1.54) is 11.2 Å². The molecule has 0 saturated heterocycles. The molecular weight excluding hydrogens is 274 g/mol. The third-order valence-corrected chi connectivity index (χ3v) is 2.77. The van der Waals surface area contributed by atoms with Gasteiger partial charge >= 0.3 is 12.0 Å². The van der Waals surface area contributed by atoms with Gasteiger partial charge in [-0.1, -0.05) is 23.4 Å². The number of nitrogens with zero attached hydrogens (tertiary/aromatic N) is 2. The van der Waals surface area contributed by atoms with Gasteiger partial charge in [-0.2, -0.15) is 0 Å². The fraction of sp³-hybridized carbons (Fsp3) is 0.214. The Morgan fingerprint density at radius 3 is 2.62 bits per heavy atom. The molecule has 2 rings (SSSR count). The highest BCUT2D eigenvalue weighted by Crippen LogP contribution is 2.14. The Kier molecular flexibility index (Phi) is 4.92. The van der Waals surface area contributed by atoms with Gasteiger partial charge in [-0.25, -0.2) is 4.79 Å². The number of anilines is 1. The second kappa shape index (κ2) is 7.09. The van der Waals surface area contributed by atoms with Crippen LogP contribution in [0.4, 0.5) is 10.5 Å². The van der Waals surface area contributed by atoms with Gasteiger partial charge in [0.2, 0.25) is 0 Å². The van der Waals surface area contributed by atoms with Crippen LogP contribution in [0.25, 0.3) is 0 Å². The van der Waals surface area contributed by atoms with Gasteiger partial charge in [0.05, 0.1) is 13.0 Å². The lowest BCUT2D eigenvalue weighted by atomic mass is 10.2. The molecule has 0 aliphatic heterocycles. The van der Waals surface area contributed by atoms with Gasteiger partial charge in [0.25, 0.3) is 0 Å². The summed E-state index contributed by atoms with van der Waals surface area (Å²) in [5.41, 5.74) is 1.23. The highest BCUT2D eigenvalue weighted by molar-refractivity contribution is 5.92. The summed E-state index contributed by atoms with van der Waals surface area (Å²) >= 11 is 0. The number of hydrogen-bond donors (Lipinski definition) is 2. The minimum atomic E-state index is -0.958. The number of carboxylic acid groups (broad SMARTS) is 1. The summed E-state index contributed by atoms with van der Waals surface area (Å²) in [5.74, 6) is -0.958. The van der Waals surface area contributed by atoms with E-state index in [0.717, 1.165) is 0 Å². The molecule has 2 amide bonds. The summed E-state index contributed by atoms with van der Waals surface area (Å²) in [6, 6.07) is 10.2. The van der Waals surface area contributed by atoms with E-state index in [1.54, 1.807) is 30.3 Å². The Bertz CT molecular complexity index is 584. The number of carboxylic acids is 1. The first-order chi connectivity index (χ1) is 10.2. The maximum atomic E-state index is 12.2. The predicted octanol–water partition coefficient (Wildman–Crippen LogP) is 1.87. The molecule has 1 aromatic heterocycles. The molecule has 0 unspecified atom stereocenters. The molecular formula is C14H15N3O4. The topological polar surface area (TPSA) is 95.7 Å². The number of hydrogen-bond acceptors (Lipinski definition) is 4. The monoisotopic (exact) mass is 289 g/mol. The van der Waals surface area contributed by atoms with Crippen molar-refractivity contribution in [1.29, 1.82) is 0 Å². The van der Waals surface area contributed by atoms with E-state index in [-0.39, 0.29) is 25.5 Å². The van der Waals surface area contributed by atoms with Crippen LogP contribution >= 0.6 is 0 Å². The van der Waals surface area contributed by atoms with Crippen LogP contribution in [0.3, 0.4) is 0 Å². The number of nitrogens with one attached hydrogen (secondary N) is 1. The molecule has 7 heteroatoms. The number of aromatic nitrogens is 1. The van der Waals surface area contributed by atoms with E-state index in [4.69, 9.17) is 5.11 Å². The number of rotatable bonds is 6. The van der Waals surface area contributed by atoms with E-state index in [2.05, 4.69) is 15.0 Å². The Balaban J connectivity index is 2.03. The SMILES string of the molecule is O=C(O)CCN(C(=O)NCc1ccon1)c1ccccc1. The van der Waals surface area contributed by atoms with E-state index in [0.29, 0.717) is 11.4 Å². The molecule has 1 aromatic carbocycles. The van der Waals surface area contributed by atoms with Crippen molar-refractivity contribution < 1.29 is 19.2 Å². The molecule has 110 valence electrons. The molecule has 0 aliphatic carbocycles. The molecule has 1 heterocycles. The highest BCUT2D eigenvalue weighted by atomic mass is 16.5. The van der Waals surface area contributed by atoms with Crippen molar-refractivity contribution in [3.63, 3.8) is 0 Å². The van der Waals surface area contributed by atoms with Crippen molar-refractivity contribution in [1.82, 2.24) is 10.5 Å². The van der Waals surface area contributed by atoms with E-state index < -0.39 is 5.97 Å². The molecule has 0 atom stereocenters. The maximum Gasteiger partial charge on any atom is 0.322 e. The molecule has 0 fully saturated rings. The summed E-state index contributed by atoms with van der Waals surface area (Å²) in [7, 11) is 0. The lowest BCUT2D eigenvalue weighted by Crippen LogP contribution is -2.41. The summed E-state index contributed by atoms with van der Waals surface area (Å²) in [4.78, 5) is 24.3. The summed E-state index contributed by atoms with van der Waals surface area (Å²) in [6.45, 7) is 0.301. The molecule has 7 nitrogen and oxygen atoms in total. The molecule has 0 aliphatic rings.